The van der Waals surface area contributed by atoms with Crippen LogP contribution in [0, 0.1) is 31.7 Å². The van der Waals surface area contributed by atoms with Gasteiger partial charge in [0.2, 0.25) is 0 Å². The van der Waals surface area contributed by atoms with Gasteiger partial charge in [0, 0.05) is 49.0 Å². The van der Waals surface area contributed by atoms with Gasteiger partial charge in [-0.15, -0.1) is 29.1 Å². The van der Waals surface area contributed by atoms with Gasteiger partial charge >= 0.3 is 0 Å². The van der Waals surface area contributed by atoms with Crippen LogP contribution in [0.25, 0.3) is 44.1 Å². The number of aliphatic hydroxyl groups is 1. The summed E-state index contributed by atoms with van der Waals surface area (Å²) in [5, 5.41) is 14.8. The van der Waals surface area contributed by atoms with E-state index in [0.29, 0.717) is 0 Å². The average molecular weight is 804 g/mol. The van der Waals surface area contributed by atoms with E-state index in [-0.39, 0.29) is 48.9 Å². The molecule has 247 valence electrons. The molecule has 0 spiro atoms. The molecular weight excluding hydrogens is 757 g/mol. The minimum atomic E-state index is -0.208. The Kier molecular flexibility index (Phi) is 11.6. The monoisotopic (exact) mass is 804 g/mol. The van der Waals surface area contributed by atoms with E-state index in [0.717, 1.165) is 42.6 Å². The van der Waals surface area contributed by atoms with Crippen LogP contribution in [-0.2, 0) is 30.3 Å². The van der Waals surface area contributed by atoms with Crippen molar-refractivity contribution in [3.63, 3.8) is 0 Å². The summed E-state index contributed by atoms with van der Waals surface area (Å²) in [5.74, 6) is 0.547. The number of ketones is 1. The van der Waals surface area contributed by atoms with Crippen molar-refractivity contribution in [3.05, 3.63) is 107 Å². The molecule has 1 aliphatic rings. The second-order valence-electron chi connectivity index (χ2n) is 13.2. The summed E-state index contributed by atoms with van der Waals surface area (Å²) in [6.45, 7) is 17.1. The van der Waals surface area contributed by atoms with E-state index in [9.17, 15) is 9.90 Å². The van der Waals surface area contributed by atoms with Crippen molar-refractivity contribution in [2.75, 3.05) is 0 Å². The molecule has 0 unspecified atom stereocenters. The number of nitrogens with zero attached hydrogens (tertiary/aromatic N) is 2. The molecule has 1 aliphatic carbocycles. The van der Waals surface area contributed by atoms with Crippen LogP contribution >= 0.6 is 0 Å². The minimum Gasteiger partial charge on any atom is -0.512 e. The molecule has 0 atom stereocenters. The molecule has 1 aromatic heterocycles. The third-order valence-corrected chi connectivity index (χ3v) is 9.86. The Morgan fingerprint density at radius 2 is 1.47 bits per heavy atom. The van der Waals surface area contributed by atoms with Gasteiger partial charge in [0.15, 0.2) is 5.78 Å². The molecule has 1 radical (unpaired) electrons. The number of allylic oxidation sites excluding steroid dienone is 2. The predicted octanol–water partition coefficient (Wildman–Crippen LogP) is 11.0. The molecular formula is C42H47IrN2O2-. The Bertz CT molecular complexity index is 1930. The predicted molar refractivity (Wildman–Crippen MR) is 192 cm³/mol. The summed E-state index contributed by atoms with van der Waals surface area (Å²) in [5.41, 5.74) is 9.23. The summed E-state index contributed by atoms with van der Waals surface area (Å²) in [6, 6.07) is 25.2. The maximum atomic E-state index is 11.7. The van der Waals surface area contributed by atoms with Crippen molar-refractivity contribution < 1.29 is 30.0 Å². The molecule has 4 nitrogen and oxygen atoms in total. The Morgan fingerprint density at radius 1 is 0.830 bits per heavy atom. The summed E-state index contributed by atoms with van der Waals surface area (Å²) >= 11 is 0. The largest absolute Gasteiger partial charge is 0.512 e. The molecule has 0 saturated heterocycles. The number of rotatable bonds is 8. The molecule has 6 rings (SSSR count). The number of aromatic nitrogens is 2. The van der Waals surface area contributed by atoms with E-state index < -0.39 is 0 Å². The average Bonchev–Trinajstić information content (AvgIpc) is 3.29. The molecule has 1 heterocycles. The van der Waals surface area contributed by atoms with Crippen molar-refractivity contribution in [1.29, 1.82) is 0 Å². The fraction of sp³-hybridized carbons (Fsp3) is 0.357. The molecule has 0 saturated carbocycles. The van der Waals surface area contributed by atoms with Gasteiger partial charge in [0.1, 0.15) is 6.33 Å². The SMILES string of the molecule is CCC(CC)C(=O)/C=C(\O)C(CC)CC.Cc1cc(C)c2ccc3c(c2c1)C(C)(C)c1c(-c2[c-]cc4ccccc4c2)ncnc1-3.[Ir]. The van der Waals surface area contributed by atoms with Gasteiger partial charge < -0.3 is 5.11 Å². The maximum absolute atomic E-state index is 11.7. The van der Waals surface area contributed by atoms with Gasteiger partial charge in [-0.2, -0.15) is 0 Å². The summed E-state index contributed by atoms with van der Waals surface area (Å²) in [6.07, 6.45) is 6.61. The van der Waals surface area contributed by atoms with Crippen LogP contribution in [0.15, 0.2) is 78.8 Å². The molecule has 4 aromatic carbocycles. The van der Waals surface area contributed by atoms with Crippen molar-refractivity contribution in [2.24, 2.45) is 11.8 Å². The molecule has 47 heavy (non-hydrogen) atoms. The van der Waals surface area contributed by atoms with Crippen LogP contribution in [0.5, 0.6) is 0 Å². The van der Waals surface area contributed by atoms with Crippen LogP contribution in [0.2, 0.25) is 0 Å². The summed E-state index contributed by atoms with van der Waals surface area (Å²) < 4.78 is 0. The standard InChI is InChI=1S/C29H23N2.C13H24O2.Ir/c1-17-13-18(2)22-11-12-23-25(24(22)14-17)29(3,4)26-27(30-16-31-28(23)26)21-10-9-19-7-5-6-8-20(19)15-21;1-5-10(6-2)12(14)9-13(15)11(7-3)8-4;/h5-9,11-16H,1-4H3;9-11,14H,5-8H2,1-4H3;/q-1;;/b;12-9-;. The number of carbonyl (C=O) groups excluding carboxylic acids is 1. The van der Waals surface area contributed by atoms with Gasteiger partial charge in [-0.1, -0.05) is 101 Å². The number of benzene rings is 4. The van der Waals surface area contributed by atoms with Crippen LogP contribution in [0.4, 0.5) is 0 Å². The summed E-state index contributed by atoms with van der Waals surface area (Å²) in [4.78, 5) is 21.3. The molecule has 5 aromatic rings. The fourth-order valence-corrected chi connectivity index (χ4v) is 7.23. The van der Waals surface area contributed by atoms with Crippen molar-refractivity contribution in [2.45, 2.75) is 86.5 Å². The first-order valence-electron chi connectivity index (χ1n) is 16.8. The first-order valence-corrected chi connectivity index (χ1v) is 16.8. The zero-order valence-electron chi connectivity index (χ0n) is 29.0. The topological polar surface area (TPSA) is 63.1 Å². The van der Waals surface area contributed by atoms with Crippen LogP contribution in [-0.4, -0.2) is 20.9 Å². The Balaban J connectivity index is 0.000000269. The number of hydrogen-bond acceptors (Lipinski definition) is 4. The van der Waals surface area contributed by atoms with Crippen LogP contribution < -0.4 is 0 Å². The van der Waals surface area contributed by atoms with E-state index in [1.807, 2.05) is 27.7 Å². The number of aliphatic hydroxyl groups excluding tert-OH is 1. The van der Waals surface area contributed by atoms with E-state index in [4.69, 9.17) is 9.97 Å². The first kappa shape index (κ1) is 36.2. The molecule has 0 amide bonds. The van der Waals surface area contributed by atoms with Crippen molar-refractivity contribution in [1.82, 2.24) is 9.97 Å². The maximum Gasteiger partial charge on any atom is 0.162 e. The Hall–Kier alpha value is -3.66. The number of aryl methyl sites for hydroxylation is 2. The second kappa shape index (κ2) is 15.0. The number of hydrogen-bond donors (Lipinski definition) is 1. The van der Waals surface area contributed by atoms with E-state index in [1.165, 1.54) is 55.4 Å². The normalized spacial score (nSPS) is 13.3. The third kappa shape index (κ3) is 6.98. The molecule has 0 fully saturated rings. The molecule has 5 heteroatoms. The van der Waals surface area contributed by atoms with Crippen molar-refractivity contribution >= 4 is 27.3 Å². The van der Waals surface area contributed by atoms with Crippen LogP contribution in [0.3, 0.4) is 0 Å². The quantitative estimate of drug-likeness (QED) is 0.0964. The zero-order chi connectivity index (χ0) is 33.2. The second-order valence-corrected chi connectivity index (χ2v) is 13.2. The Labute approximate surface area is 294 Å². The van der Waals surface area contributed by atoms with Gasteiger partial charge in [-0.05, 0) is 72.7 Å². The van der Waals surface area contributed by atoms with Crippen molar-refractivity contribution in [3.8, 4) is 22.5 Å². The number of carbonyl (C=O) groups is 1. The van der Waals surface area contributed by atoms with E-state index >= 15 is 0 Å². The van der Waals surface area contributed by atoms with Gasteiger partial charge in [-0.25, -0.2) is 4.98 Å². The van der Waals surface area contributed by atoms with Crippen LogP contribution in [0.1, 0.15) is 89.5 Å². The Morgan fingerprint density at radius 3 is 2.13 bits per heavy atom. The third-order valence-electron chi connectivity index (χ3n) is 9.86. The van der Waals surface area contributed by atoms with Gasteiger partial charge in [-0.3, -0.25) is 9.78 Å². The smallest absolute Gasteiger partial charge is 0.162 e. The summed E-state index contributed by atoms with van der Waals surface area (Å²) in [7, 11) is 0. The number of fused-ring (bicyclic) bond motifs is 6. The molecule has 1 N–H and O–H groups in total. The van der Waals surface area contributed by atoms with Gasteiger partial charge in [0.25, 0.3) is 0 Å². The molecule has 0 aliphatic heterocycles. The van der Waals surface area contributed by atoms with Gasteiger partial charge in [0.05, 0.1) is 11.5 Å². The minimum absolute atomic E-state index is 0. The van der Waals surface area contributed by atoms with E-state index in [1.54, 1.807) is 6.33 Å². The fourth-order valence-electron chi connectivity index (χ4n) is 7.23. The molecule has 0 bridgehead atoms. The zero-order valence-corrected chi connectivity index (χ0v) is 31.4. The van der Waals surface area contributed by atoms with E-state index in [2.05, 4.69) is 94.4 Å². The first-order chi connectivity index (χ1) is 22.0.